The number of aryl methyl sites for hydroxylation is 2. The molecule has 0 unspecified atom stereocenters. The number of hydrogen-bond acceptors (Lipinski definition) is 3. The maximum atomic E-state index is 12.7. The van der Waals surface area contributed by atoms with Crippen LogP contribution in [-0.2, 0) is 18.2 Å². The number of benzene rings is 2. The van der Waals surface area contributed by atoms with E-state index in [4.69, 9.17) is 27.9 Å². The maximum Gasteiger partial charge on any atom is 0.573 e. The molecule has 2 aromatic carbocycles. The van der Waals surface area contributed by atoms with E-state index in [1.807, 2.05) is 16.7 Å². The average Bonchev–Trinajstić information content (AvgIpc) is 3.06. The molecular weight excluding hydrogens is 476 g/mol. The van der Waals surface area contributed by atoms with Crippen molar-refractivity contribution < 1.29 is 22.6 Å². The number of fused-ring (bicyclic) bond motifs is 1. The highest BCUT2D eigenvalue weighted by atomic mass is 35.5. The Labute approximate surface area is 200 Å². The maximum absolute atomic E-state index is 12.7. The summed E-state index contributed by atoms with van der Waals surface area (Å²) in [5, 5.41) is 1.87. The van der Waals surface area contributed by atoms with Crippen molar-refractivity contribution in [3.63, 3.8) is 0 Å². The molecule has 0 N–H and O–H groups in total. The number of halogens is 5. The van der Waals surface area contributed by atoms with Gasteiger partial charge in [0.2, 0.25) is 0 Å². The molecule has 0 aliphatic carbocycles. The zero-order valence-electron chi connectivity index (χ0n) is 18.2. The van der Waals surface area contributed by atoms with Crippen molar-refractivity contribution in [2.45, 2.75) is 19.7 Å². The molecule has 1 aliphatic heterocycles. The van der Waals surface area contributed by atoms with Crippen LogP contribution in [0.15, 0.2) is 36.9 Å². The fourth-order valence-electron chi connectivity index (χ4n) is 4.16. The second kappa shape index (κ2) is 9.12. The average molecular weight is 499 g/mol. The second-order valence-corrected chi connectivity index (χ2v) is 8.81. The van der Waals surface area contributed by atoms with Crippen molar-refractivity contribution in [1.29, 1.82) is 0 Å². The Morgan fingerprint density at radius 2 is 1.85 bits per heavy atom. The fraction of sp³-hybridized carbons (Fsp3) is 0.333. The highest BCUT2D eigenvalue weighted by Gasteiger charge is 2.31. The lowest BCUT2D eigenvalue weighted by Gasteiger charge is -2.31. The van der Waals surface area contributed by atoms with Gasteiger partial charge in [0.25, 0.3) is 0 Å². The van der Waals surface area contributed by atoms with Gasteiger partial charge in [-0.3, -0.25) is 0 Å². The fourth-order valence-corrected chi connectivity index (χ4v) is 4.77. The van der Waals surface area contributed by atoms with Gasteiger partial charge in [-0.25, -0.2) is 0 Å². The highest BCUT2D eigenvalue weighted by molar-refractivity contribution is 6.37. The van der Waals surface area contributed by atoms with Crippen molar-refractivity contribution in [3.05, 3.63) is 69.3 Å². The summed E-state index contributed by atoms with van der Waals surface area (Å²) in [6.07, 6.45) is -4.35. The largest absolute Gasteiger partial charge is 0.573 e. The minimum absolute atomic E-state index is 0.250. The van der Waals surface area contributed by atoms with Gasteiger partial charge in [0.05, 0.1) is 23.8 Å². The number of alkyl halides is 3. The van der Waals surface area contributed by atoms with Crippen LogP contribution >= 0.6 is 23.2 Å². The molecule has 1 aliphatic rings. The summed E-state index contributed by atoms with van der Waals surface area (Å²) in [6, 6.07) is 8.37. The van der Waals surface area contributed by atoms with Gasteiger partial charge in [0.15, 0.2) is 0 Å². The second-order valence-electron chi connectivity index (χ2n) is 8.03. The van der Waals surface area contributed by atoms with Crippen molar-refractivity contribution in [3.8, 4) is 5.75 Å². The number of aromatic nitrogens is 1. The summed E-state index contributed by atoms with van der Waals surface area (Å²) in [6.45, 7) is 8.70. The zero-order chi connectivity index (χ0) is 23.9. The predicted octanol–water partition coefficient (Wildman–Crippen LogP) is 6.59. The molecule has 9 heteroatoms. The quantitative estimate of drug-likeness (QED) is 0.397. The topological polar surface area (TPSA) is 26.6 Å². The van der Waals surface area contributed by atoms with Gasteiger partial charge in [-0.1, -0.05) is 29.8 Å². The van der Waals surface area contributed by atoms with Crippen LogP contribution in [0.1, 0.15) is 22.4 Å². The first-order chi connectivity index (χ1) is 15.5. The summed E-state index contributed by atoms with van der Waals surface area (Å²) in [7, 11) is 1.80. The van der Waals surface area contributed by atoms with E-state index in [1.54, 1.807) is 20.0 Å². The normalized spacial score (nSPS) is 14.7. The first-order valence-electron chi connectivity index (χ1n) is 10.4. The van der Waals surface area contributed by atoms with Crippen molar-refractivity contribution in [1.82, 2.24) is 9.47 Å². The van der Waals surface area contributed by atoms with Gasteiger partial charge in [-0.15, -0.1) is 13.2 Å². The molecule has 176 valence electrons. The monoisotopic (exact) mass is 498 g/mol. The number of morpholine rings is 1. The van der Waals surface area contributed by atoms with E-state index in [2.05, 4.69) is 16.2 Å². The van der Waals surface area contributed by atoms with Gasteiger partial charge in [0, 0.05) is 60.0 Å². The first kappa shape index (κ1) is 23.8. The summed E-state index contributed by atoms with van der Waals surface area (Å²) in [5.74, 6) is -0.250. The van der Waals surface area contributed by atoms with E-state index in [1.165, 1.54) is 12.1 Å². The van der Waals surface area contributed by atoms with Crippen molar-refractivity contribution >= 4 is 39.8 Å². The molecule has 0 bridgehead atoms. The number of nitrogens with zero attached hydrogens (tertiary/aromatic N) is 2. The van der Waals surface area contributed by atoms with Crippen LogP contribution in [0.5, 0.6) is 5.75 Å². The molecule has 4 nitrogen and oxygen atoms in total. The molecule has 0 spiro atoms. The SMILES string of the molecule is C=C(c1ccc(Cl)c(Cc2cc3c(C)cc(OC(F)(F)F)cc3n2C)c1Cl)N1CCOCC1. The van der Waals surface area contributed by atoms with E-state index in [-0.39, 0.29) is 5.75 Å². The van der Waals surface area contributed by atoms with Gasteiger partial charge in [0.1, 0.15) is 5.75 Å². The number of hydrogen-bond donors (Lipinski definition) is 0. The van der Waals surface area contributed by atoms with E-state index in [0.29, 0.717) is 40.8 Å². The zero-order valence-corrected chi connectivity index (χ0v) is 19.7. The van der Waals surface area contributed by atoms with Crippen LogP contribution in [0.2, 0.25) is 10.0 Å². The molecule has 33 heavy (non-hydrogen) atoms. The molecule has 0 saturated carbocycles. The minimum Gasteiger partial charge on any atom is -0.406 e. The molecule has 1 saturated heterocycles. The van der Waals surface area contributed by atoms with Crippen molar-refractivity contribution in [2.24, 2.45) is 7.05 Å². The molecule has 4 rings (SSSR count). The van der Waals surface area contributed by atoms with Crippen LogP contribution in [0.4, 0.5) is 13.2 Å². The lowest BCUT2D eigenvalue weighted by molar-refractivity contribution is -0.274. The molecule has 0 atom stereocenters. The van der Waals surface area contributed by atoms with Crippen LogP contribution in [-0.4, -0.2) is 42.1 Å². The Hall–Kier alpha value is -2.35. The van der Waals surface area contributed by atoms with E-state index in [9.17, 15) is 13.2 Å². The van der Waals surface area contributed by atoms with E-state index < -0.39 is 6.36 Å². The third-order valence-corrected chi connectivity index (χ3v) is 6.71. The predicted molar refractivity (Wildman–Crippen MR) is 125 cm³/mol. The first-order valence-corrected chi connectivity index (χ1v) is 11.1. The summed E-state index contributed by atoms with van der Waals surface area (Å²) >= 11 is 13.3. The third-order valence-electron chi connectivity index (χ3n) is 5.92. The Balaban J connectivity index is 1.70. The molecule has 3 aromatic rings. The Kier molecular flexibility index (Phi) is 6.58. The van der Waals surface area contributed by atoms with Crippen LogP contribution in [0.3, 0.4) is 0 Å². The Morgan fingerprint density at radius 3 is 2.52 bits per heavy atom. The summed E-state index contributed by atoms with van der Waals surface area (Å²) in [4.78, 5) is 2.13. The smallest absolute Gasteiger partial charge is 0.406 e. The van der Waals surface area contributed by atoms with Gasteiger partial charge >= 0.3 is 6.36 Å². The van der Waals surface area contributed by atoms with E-state index >= 15 is 0 Å². The third kappa shape index (κ3) is 4.95. The molecule has 1 aromatic heterocycles. The number of rotatable bonds is 5. The van der Waals surface area contributed by atoms with Crippen molar-refractivity contribution in [2.75, 3.05) is 26.3 Å². The summed E-state index contributed by atoms with van der Waals surface area (Å²) in [5.41, 5.74) is 4.51. The molecular formula is C24H23Cl2F3N2O2. The molecule has 1 fully saturated rings. The van der Waals surface area contributed by atoms with Gasteiger partial charge < -0.3 is 18.9 Å². The van der Waals surface area contributed by atoms with Gasteiger partial charge in [-0.2, -0.15) is 0 Å². The van der Waals surface area contributed by atoms with E-state index in [0.717, 1.165) is 41.0 Å². The standard InChI is InChI=1S/C24H23Cl2F3N2O2/c1-14-10-17(33-24(27,28)29)13-22-19(14)11-16(30(22)3)12-20-21(25)5-4-18(23(20)26)15(2)31-6-8-32-9-7-31/h4-5,10-11,13H,2,6-9,12H2,1,3H3. The Bertz CT molecular complexity index is 1210. The molecule has 2 heterocycles. The molecule has 0 amide bonds. The summed E-state index contributed by atoms with van der Waals surface area (Å²) < 4.78 is 49.5. The van der Waals surface area contributed by atoms with Gasteiger partial charge in [-0.05, 0) is 42.3 Å². The van der Waals surface area contributed by atoms with Crippen LogP contribution in [0, 0.1) is 6.92 Å². The lowest BCUT2D eigenvalue weighted by atomic mass is 10.0. The highest BCUT2D eigenvalue weighted by Crippen LogP contribution is 2.37. The lowest BCUT2D eigenvalue weighted by Crippen LogP contribution is -2.34. The van der Waals surface area contributed by atoms with Crippen LogP contribution in [0.25, 0.3) is 16.6 Å². The molecule has 0 radical (unpaired) electrons. The van der Waals surface area contributed by atoms with Crippen LogP contribution < -0.4 is 4.74 Å². The minimum atomic E-state index is -4.75. The number of ether oxygens (including phenoxy) is 2. The Morgan fingerprint density at radius 1 is 1.15 bits per heavy atom.